The van der Waals surface area contributed by atoms with Gasteiger partial charge in [-0.2, -0.15) is 0 Å². The van der Waals surface area contributed by atoms with Crippen LogP contribution >= 0.6 is 0 Å². The van der Waals surface area contributed by atoms with Crippen LogP contribution in [0.2, 0.25) is 0 Å². The zero-order valence-corrected chi connectivity index (χ0v) is 12.6. The molecule has 1 unspecified atom stereocenters. The van der Waals surface area contributed by atoms with E-state index in [1.165, 1.54) is 0 Å². The third-order valence-electron chi connectivity index (χ3n) is 2.97. The molecule has 0 aliphatic rings. The van der Waals surface area contributed by atoms with E-state index in [2.05, 4.69) is 0 Å². The summed E-state index contributed by atoms with van der Waals surface area (Å²) in [6.45, 7) is 2.96. The minimum Gasteiger partial charge on any atom is -0.423 e. The van der Waals surface area contributed by atoms with Crippen LogP contribution in [0.25, 0.3) is 0 Å². The van der Waals surface area contributed by atoms with E-state index in [4.69, 9.17) is 14.2 Å². The minimum atomic E-state index is -0.736. The van der Waals surface area contributed by atoms with Gasteiger partial charge in [0, 0.05) is 6.61 Å². The Morgan fingerprint density at radius 3 is 2.27 bits per heavy atom. The minimum absolute atomic E-state index is 0.307. The summed E-state index contributed by atoms with van der Waals surface area (Å²) in [5, 5.41) is 0. The molecule has 2 rings (SSSR count). The fraction of sp³-hybridized carbons (Fsp3) is 0.278. The first-order valence-corrected chi connectivity index (χ1v) is 7.35. The molecular formula is C18H20O4. The number of para-hydroxylation sites is 1. The average Bonchev–Trinajstić information content (AvgIpc) is 2.56. The fourth-order valence-corrected chi connectivity index (χ4v) is 1.93. The van der Waals surface area contributed by atoms with Crippen molar-refractivity contribution in [3.63, 3.8) is 0 Å². The normalized spacial score (nSPS) is 11.7. The van der Waals surface area contributed by atoms with Crippen molar-refractivity contribution in [3.8, 4) is 5.75 Å². The van der Waals surface area contributed by atoms with E-state index in [0.29, 0.717) is 19.0 Å². The van der Waals surface area contributed by atoms with Crippen LogP contribution in [0, 0.1) is 0 Å². The van der Waals surface area contributed by atoms with Crippen molar-refractivity contribution in [1.82, 2.24) is 0 Å². The van der Waals surface area contributed by atoms with Gasteiger partial charge in [0.2, 0.25) is 0 Å². The second kappa shape index (κ2) is 8.85. The van der Waals surface area contributed by atoms with Crippen LogP contribution in [0.3, 0.4) is 0 Å². The van der Waals surface area contributed by atoms with E-state index in [1.54, 1.807) is 24.3 Å². The second-order valence-corrected chi connectivity index (χ2v) is 4.76. The molecule has 4 nitrogen and oxygen atoms in total. The molecule has 4 heteroatoms. The van der Waals surface area contributed by atoms with Crippen molar-refractivity contribution in [1.29, 1.82) is 0 Å². The third kappa shape index (κ3) is 5.22. The van der Waals surface area contributed by atoms with Crippen molar-refractivity contribution in [3.05, 3.63) is 66.2 Å². The van der Waals surface area contributed by atoms with Gasteiger partial charge in [-0.3, -0.25) is 0 Å². The maximum atomic E-state index is 11.9. The number of rotatable bonds is 7. The first-order valence-electron chi connectivity index (χ1n) is 7.35. The Morgan fingerprint density at radius 1 is 1.00 bits per heavy atom. The Labute approximate surface area is 130 Å². The van der Waals surface area contributed by atoms with Crippen LogP contribution in [0.5, 0.6) is 5.75 Å². The van der Waals surface area contributed by atoms with Crippen molar-refractivity contribution < 1.29 is 19.0 Å². The number of carbonyl (C=O) groups excluding carboxylic acids is 1. The molecule has 0 spiro atoms. The lowest BCUT2D eigenvalue weighted by Crippen LogP contribution is -2.19. The van der Waals surface area contributed by atoms with Crippen LogP contribution < -0.4 is 4.74 Å². The highest BCUT2D eigenvalue weighted by molar-refractivity contribution is 5.64. The summed E-state index contributed by atoms with van der Waals surface area (Å²) in [6, 6.07) is 18.3. The van der Waals surface area contributed by atoms with E-state index < -0.39 is 12.3 Å². The van der Waals surface area contributed by atoms with Gasteiger partial charge in [0.05, 0.1) is 6.61 Å². The quantitative estimate of drug-likeness (QED) is 0.433. The molecule has 0 bridgehead atoms. The average molecular weight is 300 g/mol. The Kier molecular flexibility index (Phi) is 6.45. The largest absolute Gasteiger partial charge is 0.514 e. The first-order chi connectivity index (χ1) is 10.8. The molecule has 0 radical (unpaired) electrons. The van der Waals surface area contributed by atoms with E-state index in [9.17, 15) is 4.79 Å². The van der Waals surface area contributed by atoms with Crippen molar-refractivity contribution in [2.24, 2.45) is 0 Å². The summed E-state index contributed by atoms with van der Waals surface area (Å²) in [4.78, 5) is 11.9. The van der Waals surface area contributed by atoms with Crippen molar-refractivity contribution >= 4 is 6.16 Å². The summed E-state index contributed by atoms with van der Waals surface area (Å²) in [5.41, 5.74) is 0.878. The maximum Gasteiger partial charge on any atom is 0.514 e. The number of hydrogen-bond acceptors (Lipinski definition) is 4. The van der Waals surface area contributed by atoms with Crippen LogP contribution in [0.15, 0.2) is 60.7 Å². The predicted octanol–water partition coefficient (Wildman–Crippen LogP) is 4.37. The van der Waals surface area contributed by atoms with Gasteiger partial charge in [-0.15, -0.1) is 0 Å². The third-order valence-corrected chi connectivity index (χ3v) is 2.97. The summed E-state index contributed by atoms with van der Waals surface area (Å²) < 4.78 is 16.1. The van der Waals surface area contributed by atoms with Gasteiger partial charge < -0.3 is 14.2 Å². The van der Waals surface area contributed by atoms with Crippen molar-refractivity contribution in [2.45, 2.75) is 19.4 Å². The topological polar surface area (TPSA) is 44.8 Å². The van der Waals surface area contributed by atoms with Crippen LogP contribution in [0.1, 0.15) is 25.0 Å². The van der Waals surface area contributed by atoms with Crippen LogP contribution in [-0.2, 0) is 9.47 Å². The predicted molar refractivity (Wildman–Crippen MR) is 83.8 cm³/mol. The lowest BCUT2D eigenvalue weighted by Gasteiger charge is -2.18. The van der Waals surface area contributed by atoms with Gasteiger partial charge in [-0.05, 0) is 24.1 Å². The number of ether oxygens (including phenoxy) is 3. The zero-order chi connectivity index (χ0) is 15.6. The number of carbonyl (C=O) groups is 1. The van der Waals surface area contributed by atoms with E-state index in [-0.39, 0.29) is 0 Å². The smallest absolute Gasteiger partial charge is 0.423 e. The van der Waals surface area contributed by atoms with Gasteiger partial charge in [0.25, 0.3) is 0 Å². The van der Waals surface area contributed by atoms with Crippen molar-refractivity contribution in [2.75, 3.05) is 13.2 Å². The highest BCUT2D eigenvalue weighted by Gasteiger charge is 2.18. The van der Waals surface area contributed by atoms with Gasteiger partial charge >= 0.3 is 6.16 Å². The molecule has 0 saturated heterocycles. The van der Waals surface area contributed by atoms with Crippen LogP contribution in [0.4, 0.5) is 4.79 Å². The van der Waals surface area contributed by atoms with E-state index in [1.807, 2.05) is 43.3 Å². The lowest BCUT2D eigenvalue weighted by molar-refractivity contribution is 0.000892. The number of hydrogen-bond donors (Lipinski definition) is 0. The molecule has 0 N–H and O–H groups in total. The molecule has 22 heavy (non-hydrogen) atoms. The zero-order valence-electron chi connectivity index (χ0n) is 12.6. The molecule has 1 atom stereocenters. The molecule has 0 fully saturated rings. The monoisotopic (exact) mass is 300 g/mol. The van der Waals surface area contributed by atoms with Gasteiger partial charge in [-0.25, -0.2) is 4.79 Å². The van der Waals surface area contributed by atoms with Crippen LogP contribution in [-0.4, -0.2) is 19.4 Å². The summed E-state index contributed by atoms with van der Waals surface area (Å²) >= 11 is 0. The Morgan fingerprint density at radius 2 is 1.64 bits per heavy atom. The molecule has 0 heterocycles. The van der Waals surface area contributed by atoms with Gasteiger partial charge in [-0.1, -0.05) is 55.5 Å². The highest BCUT2D eigenvalue weighted by atomic mass is 16.7. The standard InChI is InChI=1S/C18H20O4/c1-2-13-20-14-17(15-9-5-3-6-10-15)22-18(19)21-16-11-7-4-8-12-16/h3-12,17H,2,13-14H2,1H3. The maximum absolute atomic E-state index is 11.9. The molecule has 0 aromatic heterocycles. The highest BCUT2D eigenvalue weighted by Crippen LogP contribution is 2.19. The lowest BCUT2D eigenvalue weighted by atomic mass is 10.1. The molecule has 2 aromatic carbocycles. The summed E-state index contributed by atoms with van der Waals surface area (Å²) in [6.07, 6.45) is -0.306. The SMILES string of the molecule is CCCOCC(OC(=O)Oc1ccccc1)c1ccccc1. The summed E-state index contributed by atoms with van der Waals surface area (Å²) in [5.74, 6) is 0.453. The molecule has 0 saturated carbocycles. The molecule has 2 aromatic rings. The molecule has 0 aliphatic carbocycles. The molecular weight excluding hydrogens is 280 g/mol. The Bertz CT molecular complexity index is 554. The Balaban J connectivity index is 1.97. The molecule has 0 amide bonds. The van der Waals surface area contributed by atoms with Gasteiger partial charge in [0.1, 0.15) is 5.75 Å². The summed E-state index contributed by atoms with van der Waals surface area (Å²) in [7, 11) is 0. The fourth-order valence-electron chi connectivity index (χ4n) is 1.93. The Hall–Kier alpha value is -2.33. The van der Waals surface area contributed by atoms with E-state index in [0.717, 1.165) is 12.0 Å². The number of benzene rings is 2. The molecule has 116 valence electrons. The van der Waals surface area contributed by atoms with E-state index >= 15 is 0 Å². The first kappa shape index (κ1) is 16.0. The van der Waals surface area contributed by atoms with Gasteiger partial charge in [0.15, 0.2) is 6.10 Å². The second-order valence-electron chi connectivity index (χ2n) is 4.76. The molecule has 0 aliphatic heterocycles.